The first kappa shape index (κ1) is 15.0. The van der Waals surface area contributed by atoms with Crippen LogP contribution in [0, 0.1) is 0 Å². The maximum Gasteiger partial charge on any atom is 0.272 e. The third kappa shape index (κ3) is 3.57. The van der Waals surface area contributed by atoms with Gasteiger partial charge in [-0.3, -0.25) is 24.6 Å². The Bertz CT molecular complexity index is 783. The van der Waals surface area contributed by atoms with Crippen LogP contribution in [0.5, 0.6) is 0 Å². The molecule has 1 aromatic carbocycles. The zero-order chi connectivity index (χ0) is 15.6. The number of amides is 1. The smallest absolute Gasteiger partial charge is 0.272 e. The van der Waals surface area contributed by atoms with Gasteiger partial charge < -0.3 is 10.6 Å². The van der Waals surface area contributed by atoms with Crippen LogP contribution < -0.4 is 21.8 Å². The molecule has 112 valence electrons. The number of anilines is 1. The van der Waals surface area contributed by atoms with Crippen molar-refractivity contribution in [1.82, 2.24) is 15.5 Å². The van der Waals surface area contributed by atoms with Gasteiger partial charge in [-0.25, -0.2) is 0 Å². The number of H-pyrrole nitrogens is 2. The maximum atomic E-state index is 11.9. The maximum absolute atomic E-state index is 11.9. The summed E-state index contributed by atoms with van der Waals surface area (Å²) in [6.07, 6.45) is 0. The number of fused-ring (bicyclic) bond motifs is 1. The largest absolute Gasteiger partial charge is 0.324 e. The number of hydrogen-bond donors (Lipinski definition) is 4. The molecule has 0 aliphatic rings. The van der Waals surface area contributed by atoms with Gasteiger partial charge in [0.15, 0.2) is 0 Å². The molecule has 0 bridgehead atoms. The van der Waals surface area contributed by atoms with Gasteiger partial charge in [0.1, 0.15) is 0 Å². The van der Waals surface area contributed by atoms with Gasteiger partial charge in [-0.15, -0.1) is 0 Å². The fourth-order valence-electron chi connectivity index (χ4n) is 1.87. The van der Waals surface area contributed by atoms with Crippen LogP contribution in [0.25, 0.3) is 10.8 Å². The molecule has 21 heavy (non-hydrogen) atoms. The van der Waals surface area contributed by atoms with Crippen LogP contribution >= 0.6 is 0 Å². The second-order valence-corrected chi connectivity index (χ2v) is 5.79. The zero-order valence-corrected chi connectivity index (χ0v) is 12.2. The molecule has 1 heterocycles. The highest BCUT2D eigenvalue weighted by molar-refractivity contribution is 6.02. The first-order valence-corrected chi connectivity index (χ1v) is 6.56. The molecule has 0 unspecified atom stereocenters. The summed E-state index contributed by atoms with van der Waals surface area (Å²) in [5, 5.41) is 10.6. The lowest BCUT2D eigenvalue weighted by Gasteiger charge is -2.20. The number of aromatic amines is 2. The van der Waals surface area contributed by atoms with Crippen molar-refractivity contribution >= 4 is 22.4 Å². The molecular formula is C14H18N4O3. The normalized spacial score (nSPS) is 11.6. The highest BCUT2D eigenvalue weighted by Gasteiger charge is 2.13. The third-order valence-electron chi connectivity index (χ3n) is 2.88. The molecule has 0 saturated heterocycles. The lowest BCUT2D eigenvalue weighted by atomic mass is 10.1. The van der Waals surface area contributed by atoms with Crippen molar-refractivity contribution in [3.63, 3.8) is 0 Å². The van der Waals surface area contributed by atoms with Gasteiger partial charge in [0.2, 0.25) is 5.91 Å². The number of benzene rings is 1. The van der Waals surface area contributed by atoms with E-state index in [0.717, 1.165) is 0 Å². The molecule has 1 aromatic heterocycles. The third-order valence-corrected chi connectivity index (χ3v) is 2.88. The van der Waals surface area contributed by atoms with Crippen LogP contribution in [0.1, 0.15) is 20.8 Å². The number of nitrogens with one attached hydrogen (secondary N) is 4. The fourth-order valence-corrected chi connectivity index (χ4v) is 1.87. The standard InChI is InChI=1S/C14H18N4O3/c1-14(2,3)15-7-10(19)16-9-6-4-5-8-11(9)13(21)18-17-12(8)20/h4-6,15H,7H2,1-3H3,(H,16,19)(H,17,20)(H,18,21). The first-order valence-electron chi connectivity index (χ1n) is 6.56. The van der Waals surface area contributed by atoms with Crippen LogP contribution in [0.15, 0.2) is 27.8 Å². The van der Waals surface area contributed by atoms with E-state index in [-0.39, 0.29) is 28.8 Å². The molecule has 1 amide bonds. The van der Waals surface area contributed by atoms with Crippen molar-refractivity contribution in [3.05, 3.63) is 38.9 Å². The molecule has 7 heteroatoms. The average molecular weight is 290 g/mol. The quantitative estimate of drug-likeness (QED) is 0.662. The van der Waals surface area contributed by atoms with E-state index < -0.39 is 11.1 Å². The molecule has 0 spiro atoms. The van der Waals surface area contributed by atoms with Crippen LogP contribution in [-0.4, -0.2) is 28.2 Å². The van der Waals surface area contributed by atoms with Gasteiger partial charge in [0, 0.05) is 5.54 Å². The second kappa shape index (κ2) is 5.53. The molecular weight excluding hydrogens is 272 g/mol. The number of rotatable bonds is 3. The summed E-state index contributed by atoms with van der Waals surface area (Å²) in [5.74, 6) is -0.280. The Kier molecular flexibility index (Phi) is 3.95. The van der Waals surface area contributed by atoms with Crippen molar-refractivity contribution in [2.75, 3.05) is 11.9 Å². The summed E-state index contributed by atoms with van der Waals surface area (Å²) in [6, 6.07) is 4.74. The lowest BCUT2D eigenvalue weighted by Crippen LogP contribution is -2.41. The minimum absolute atomic E-state index is 0.112. The predicted octanol–water partition coefficient (Wildman–Crippen LogP) is 0.543. The van der Waals surface area contributed by atoms with Crippen molar-refractivity contribution in [2.24, 2.45) is 0 Å². The van der Waals surface area contributed by atoms with Crippen LogP contribution in [-0.2, 0) is 4.79 Å². The highest BCUT2D eigenvalue weighted by Crippen LogP contribution is 2.16. The molecule has 0 aliphatic carbocycles. The van der Waals surface area contributed by atoms with E-state index in [4.69, 9.17) is 0 Å². The highest BCUT2D eigenvalue weighted by atomic mass is 16.2. The van der Waals surface area contributed by atoms with Gasteiger partial charge >= 0.3 is 0 Å². The SMILES string of the molecule is CC(C)(C)NCC(=O)Nc1cccc2c(=O)[nH][nH]c(=O)c12. The summed E-state index contributed by atoms with van der Waals surface area (Å²) in [7, 11) is 0. The molecule has 0 fully saturated rings. The van der Waals surface area contributed by atoms with Gasteiger partial charge in [0.05, 0.1) is 23.0 Å². The van der Waals surface area contributed by atoms with Crippen LogP contribution in [0.2, 0.25) is 0 Å². The molecule has 4 N–H and O–H groups in total. The van der Waals surface area contributed by atoms with E-state index in [2.05, 4.69) is 20.8 Å². The van der Waals surface area contributed by atoms with E-state index in [1.165, 1.54) is 6.07 Å². The van der Waals surface area contributed by atoms with Gasteiger partial charge in [-0.05, 0) is 32.9 Å². The molecule has 0 aliphatic heterocycles. The van der Waals surface area contributed by atoms with Crippen molar-refractivity contribution in [1.29, 1.82) is 0 Å². The Morgan fingerprint density at radius 2 is 1.81 bits per heavy atom. The first-order chi connectivity index (χ1) is 9.78. The monoisotopic (exact) mass is 290 g/mol. The summed E-state index contributed by atoms with van der Waals surface area (Å²) in [6.45, 7) is 5.95. The molecule has 0 radical (unpaired) electrons. The van der Waals surface area contributed by atoms with Gasteiger partial charge in [-0.1, -0.05) is 6.07 Å². The Labute approximate surface area is 120 Å². The Hall–Kier alpha value is -2.41. The van der Waals surface area contributed by atoms with Crippen LogP contribution in [0.3, 0.4) is 0 Å². The minimum Gasteiger partial charge on any atom is -0.324 e. The topological polar surface area (TPSA) is 107 Å². The van der Waals surface area contributed by atoms with E-state index >= 15 is 0 Å². The van der Waals surface area contributed by atoms with Crippen molar-refractivity contribution in [3.8, 4) is 0 Å². The Morgan fingerprint density at radius 1 is 1.14 bits per heavy atom. The lowest BCUT2D eigenvalue weighted by molar-refractivity contribution is -0.115. The van der Waals surface area contributed by atoms with E-state index in [1.807, 2.05) is 20.8 Å². The van der Waals surface area contributed by atoms with Gasteiger partial charge in [0.25, 0.3) is 11.1 Å². The van der Waals surface area contributed by atoms with Crippen molar-refractivity contribution < 1.29 is 4.79 Å². The van der Waals surface area contributed by atoms with E-state index in [9.17, 15) is 14.4 Å². The van der Waals surface area contributed by atoms with E-state index in [0.29, 0.717) is 5.69 Å². The number of hydrogen-bond acceptors (Lipinski definition) is 4. The predicted molar refractivity (Wildman–Crippen MR) is 81.6 cm³/mol. The Morgan fingerprint density at radius 3 is 2.48 bits per heavy atom. The average Bonchev–Trinajstić information content (AvgIpc) is 2.40. The summed E-state index contributed by atoms with van der Waals surface area (Å²) < 4.78 is 0. The molecule has 7 nitrogen and oxygen atoms in total. The minimum atomic E-state index is -0.454. The number of aromatic nitrogens is 2. The molecule has 2 rings (SSSR count). The molecule has 0 saturated carbocycles. The van der Waals surface area contributed by atoms with E-state index in [1.54, 1.807) is 12.1 Å². The van der Waals surface area contributed by atoms with Gasteiger partial charge in [-0.2, -0.15) is 0 Å². The number of carbonyl (C=O) groups excluding carboxylic acids is 1. The molecule has 0 atom stereocenters. The molecule has 2 aromatic rings. The summed E-state index contributed by atoms with van der Waals surface area (Å²) in [4.78, 5) is 35.5. The Balaban J connectivity index is 2.31. The van der Waals surface area contributed by atoms with Crippen molar-refractivity contribution in [2.45, 2.75) is 26.3 Å². The fraction of sp³-hybridized carbons (Fsp3) is 0.357. The second-order valence-electron chi connectivity index (χ2n) is 5.79. The summed E-state index contributed by atoms with van der Waals surface area (Å²) >= 11 is 0. The zero-order valence-electron chi connectivity index (χ0n) is 12.2. The van der Waals surface area contributed by atoms with Crippen LogP contribution in [0.4, 0.5) is 5.69 Å². The summed E-state index contributed by atoms with van der Waals surface area (Å²) in [5.41, 5.74) is -0.733. The number of carbonyl (C=O) groups is 1.